The van der Waals surface area contributed by atoms with Gasteiger partial charge in [0, 0.05) is 5.39 Å². The van der Waals surface area contributed by atoms with Crippen molar-refractivity contribution in [3.63, 3.8) is 0 Å². The molecule has 4 nitrogen and oxygen atoms in total. The minimum atomic E-state index is -0.437. The van der Waals surface area contributed by atoms with Crippen molar-refractivity contribution >= 4 is 10.8 Å². The van der Waals surface area contributed by atoms with Crippen molar-refractivity contribution < 1.29 is 19.7 Å². The molecule has 2 aromatic carbocycles. The first-order valence-electron chi connectivity index (χ1n) is 12.2. The summed E-state index contributed by atoms with van der Waals surface area (Å²) in [7, 11) is 0. The van der Waals surface area contributed by atoms with E-state index >= 15 is 0 Å². The number of aliphatic hydroxyl groups excluding tert-OH is 2. The molecule has 0 saturated carbocycles. The number of ether oxygens (including phenoxy) is 2. The van der Waals surface area contributed by atoms with Crippen LogP contribution in [0.1, 0.15) is 83.6 Å². The van der Waals surface area contributed by atoms with E-state index in [4.69, 9.17) is 9.47 Å². The summed E-state index contributed by atoms with van der Waals surface area (Å²) in [6.07, 6.45) is 9.95. The van der Waals surface area contributed by atoms with Crippen LogP contribution in [0.4, 0.5) is 0 Å². The summed E-state index contributed by atoms with van der Waals surface area (Å²) in [5.41, 5.74) is 1.06. The fourth-order valence-corrected chi connectivity index (χ4v) is 3.82. The third kappa shape index (κ3) is 9.08. The summed E-state index contributed by atoms with van der Waals surface area (Å²) in [4.78, 5) is 0. The van der Waals surface area contributed by atoms with E-state index in [-0.39, 0.29) is 0 Å². The Labute approximate surface area is 188 Å². The Morgan fingerprint density at radius 2 is 1.35 bits per heavy atom. The van der Waals surface area contributed by atoms with E-state index in [0.29, 0.717) is 13.2 Å². The van der Waals surface area contributed by atoms with Gasteiger partial charge in [0.25, 0.3) is 0 Å². The Morgan fingerprint density at radius 3 is 1.97 bits per heavy atom. The van der Waals surface area contributed by atoms with Gasteiger partial charge in [0.05, 0.1) is 12.2 Å². The van der Waals surface area contributed by atoms with Crippen molar-refractivity contribution in [2.45, 2.75) is 97.2 Å². The fraction of sp³-hybridized carbons (Fsp3) is 0.630. The molecule has 0 aliphatic carbocycles. The Bertz CT molecular complexity index is 758. The van der Waals surface area contributed by atoms with Gasteiger partial charge in [-0.2, -0.15) is 0 Å². The summed E-state index contributed by atoms with van der Waals surface area (Å²) >= 11 is 0. The molecule has 31 heavy (non-hydrogen) atoms. The topological polar surface area (TPSA) is 58.9 Å². The van der Waals surface area contributed by atoms with Crippen LogP contribution in [-0.2, 0) is 0 Å². The standard InChI is InChI=1S/C27H42O4/c1-4-6-8-10-12-23(28)19-30-25-16-17-26-22(18-25)15-14-21(3)27(26)31-20-24(29)13-11-9-7-5-2/h14-18,23-24,28-29H,4-13,19-20H2,1-3H3. The van der Waals surface area contributed by atoms with Gasteiger partial charge in [-0.1, -0.05) is 77.3 Å². The predicted molar refractivity (Wildman–Crippen MR) is 129 cm³/mol. The van der Waals surface area contributed by atoms with Crippen LogP contribution in [0.3, 0.4) is 0 Å². The van der Waals surface area contributed by atoms with Crippen LogP contribution in [0.2, 0.25) is 0 Å². The molecule has 0 aromatic heterocycles. The summed E-state index contributed by atoms with van der Waals surface area (Å²) in [6, 6.07) is 10.0. The molecule has 0 radical (unpaired) electrons. The van der Waals surface area contributed by atoms with Crippen molar-refractivity contribution in [2.75, 3.05) is 13.2 Å². The number of aliphatic hydroxyl groups is 2. The maximum atomic E-state index is 10.3. The zero-order valence-electron chi connectivity index (χ0n) is 19.7. The predicted octanol–water partition coefficient (Wildman–Crippen LogP) is 6.57. The minimum Gasteiger partial charge on any atom is -0.491 e. The van der Waals surface area contributed by atoms with Gasteiger partial charge in [0.15, 0.2) is 0 Å². The lowest BCUT2D eigenvalue weighted by molar-refractivity contribution is 0.0974. The maximum absolute atomic E-state index is 10.3. The molecule has 2 rings (SSSR count). The normalized spacial score (nSPS) is 13.3. The highest BCUT2D eigenvalue weighted by molar-refractivity contribution is 5.90. The number of hydrogen-bond acceptors (Lipinski definition) is 4. The maximum Gasteiger partial charge on any atom is 0.130 e. The average Bonchev–Trinajstić information content (AvgIpc) is 2.77. The van der Waals surface area contributed by atoms with Crippen molar-refractivity contribution in [1.82, 2.24) is 0 Å². The molecule has 0 aliphatic heterocycles. The van der Waals surface area contributed by atoms with Gasteiger partial charge in [0.2, 0.25) is 0 Å². The number of fused-ring (bicyclic) bond motifs is 1. The summed E-state index contributed by atoms with van der Waals surface area (Å²) in [5, 5.41) is 22.5. The summed E-state index contributed by atoms with van der Waals surface area (Å²) < 4.78 is 11.9. The van der Waals surface area contributed by atoms with Gasteiger partial charge in [0.1, 0.15) is 24.7 Å². The number of aryl methyl sites for hydroxylation is 1. The average molecular weight is 431 g/mol. The van der Waals surface area contributed by atoms with Crippen LogP contribution < -0.4 is 9.47 Å². The number of rotatable bonds is 16. The van der Waals surface area contributed by atoms with Crippen LogP contribution in [-0.4, -0.2) is 35.6 Å². The fourth-order valence-electron chi connectivity index (χ4n) is 3.82. The largest absolute Gasteiger partial charge is 0.491 e. The van der Waals surface area contributed by atoms with Crippen LogP contribution in [0.25, 0.3) is 10.8 Å². The molecule has 0 aliphatic rings. The second-order valence-corrected chi connectivity index (χ2v) is 8.72. The zero-order chi connectivity index (χ0) is 22.5. The van der Waals surface area contributed by atoms with E-state index in [9.17, 15) is 10.2 Å². The van der Waals surface area contributed by atoms with Gasteiger partial charge >= 0.3 is 0 Å². The molecule has 0 fully saturated rings. The highest BCUT2D eigenvalue weighted by Crippen LogP contribution is 2.32. The Kier molecular flexibility index (Phi) is 11.8. The molecular weight excluding hydrogens is 388 g/mol. The molecule has 2 atom stereocenters. The SMILES string of the molecule is CCCCCCC(O)COc1ccc2c(OCC(O)CCCCCC)c(C)ccc2c1. The van der Waals surface area contributed by atoms with Crippen LogP contribution in [0.5, 0.6) is 11.5 Å². The van der Waals surface area contributed by atoms with E-state index in [1.807, 2.05) is 31.2 Å². The second-order valence-electron chi connectivity index (χ2n) is 8.72. The first-order valence-corrected chi connectivity index (χ1v) is 12.2. The monoisotopic (exact) mass is 430 g/mol. The zero-order valence-corrected chi connectivity index (χ0v) is 19.7. The van der Waals surface area contributed by atoms with Crippen molar-refractivity contribution in [3.05, 3.63) is 35.9 Å². The summed E-state index contributed by atoms with van der Waals surface area (Å²) in [5.74, 6) is 1.58. The van der Waals surface area contributed by atoms with Gasteiger partial charge in [-0.3, -0.25) is 0 Å². The van der Waals surface area contributed by atoms with Gasteiger partial charge in [-0.05, 0) is 48.9 Å². The number of unbranched alkanes of at least 4 members (excludes halogenated alkanes) is 6. The molecule has 0 heterocycles. The van der Waals surface area contributed by atoms with Crippen LogP contribution >= 0.6 is 0 Å². The van der Waals surface area contributed by atoms with Gasteiger partial charge in [-0.25, -0.2) is 0 Å². The lowest BCUT2D eigenvalue weighted by Gasteiger charge is -2.17. The smallest absolute Gasteiger partial charge is 0.130 e. The van der Waals surface area contributed by atoms with E-state index < -0.39 is 12.2 Å². The molecule has 174 valence electrons. The molecule has 2 unspecified atom stereocenters. The lowest BCUT2D eigenvalue weighted by atomic mass is 10.1. The summed E-state index contributed by atoms with van der Waals surface area (Å²) in [6.45, 7) is 7.04. The van der Waals surface area contributed by atoms with E-state index in [1.54, 1.807) is 0 Å². The molecule has 2 aromatic rings. The molecule has 2 N–H and O–H groups in total. The molecule has 0 spiro atoms. The Morgan fingerprint density at radius 1 is 0.742 bits per heavy atom. The highest BCUT2D eigenvalue weighted by Gasteiger charge is 2.11. The second kappa shape index (κ2) is 14.3. The Balaban J connectivity index is 1.91. The minimum absolute atomic E-state index is 0.314. The van der Waals surface area contributed by atoms with Crippen LogP contribution in [0, 0.1) is 6.92 Å². The van der Waals surface area contributed by atoms with Crippen molar-refractivity contribution in [1.29, 1.82) is 0 Å². The van der Waals surface area contributed by atoms with Gasteiger partial charge < -0.3 is 19.7 Å². The first kappa shape index (κ1) is 25.5. The lowest BCUT2D eigenvalue weighted by Crippen LogP contribution is -2.18. The quantitative estimate of drug-likeness (QED) is 0.296. The van der Waals surface area contributed by atoms with Crippen molar-refractivity contribution in [2.24, 2.45) is 0 Å². The van der Waals surface area contributed by atoms with Crippen molar-refractivity contribution in [3.8, 4) is 11.5 Å². The van der Waals surface area contributed by atoms with E-state index in [0.717, 1.165) is 59.9 Å². The number of hydrogen-bond donors (Lipinski definition) is 2. The molecule has 0 saturated heterocycles. The molecular formula is C27H42O4. The van der Waals surface area contributed by atoms with Gasteiger partial charge in [-0.15, -0.1) is 0 Å². The first-order chi connectivity index (χ1) is 15.0. The third-order valence-corrected chi connectivity index (χ3v) is 5.78. The third-order valence-electron chi connectivity index (χ3n) is 5.78. The molecule has 0 bridgehead atoms. The number of benzene rings is 2. The van der Waals surface area contributed by atoms with E-state index in [1.165, 1.54) is 32.1 Å². The Hall–Kier alpha value is -1.78. The highest BCUT2D eigenvalue weighted by atomic mass is 16.5. The van der Waals surface area contributed by atoms with E-state index in [2.05, 4.69) is 19.9 Å². The molecule has 0 amide bonds. The van der Waals surface area contributed by atoms with Crippen LogP contribution in [0.15, 0.2) is 30.3 Å². The molecule has 4 heteroatoms.